The van der Waals surface area contributed by atoms with Crippen molar-refractivity contribution < 1.29 is 28.7 Å². The number of likely N-dealkylation sites (tertiary alicyclic amines) is 1. The van der Waals surface area contributed by atoms with Crippen molar-refractivity contribution in [3.05, 3.63) is 35.1 Å². The van der Waals surface area contributed by atoms with E-state index in [4.69, 9.17) is 8.85 Å². The van der Waals surface area contributed by atoms with Gasteiger partial charge in [0.05, 0.1) is 0 Å². The fourth-order valence-corrected chi connectivity index (χ4v) is 6.06. The van der Waals surface area contributed by atoms with Crippen LogP contribution >= 0.6 is 0 Å². The second-order valence-electron chi connectivity index (χ2n) is 8.63. The summed E-state index contributed by atoms with van der Waals surface area (Å²) in [4.78, 5) is 27.6. The van der Waals surface area contributed by atoms with Crippen molar-refractivity contribution >= 4 is 11.6 Å². The summed E-state index contributed by atoms with van der Waals surface area (Å²) in [6.07, 6.45) is 5.09. The highest BCUT2D eigenvalue weighted by Gasteiger charge is 2.71. The van der Waals surface area contributed by atoms with Gasteiger partial charge in [-0.15, -0.1) is 0 Å². The van der Waals surface area contributed by atoms with Gasteiger partial charge in [-0.3, -0.25) is 9.59 Å². The van der Waals surface area contributed by atoms with Gasteiger partial charge in [0.15, 0.2) is 22.8 Å². The first-order chi connectivity index (χ1) is 13.9. The Hall–Kier alpha value is -1.76. The third kappa shape index (κ3) is 1.77. The minimum absolute atomic E-state index is 0.0810. The molecule has 144 valence electrons. The van der Waals surface area contributed by atoms with E-state index in [9.17, 15) is 19.8 Å². The van der Waals surface area contributed by atoms with Crippen molar-refractivity contribution in [1.29, 1.82) is 0 Å². The molecule has 2 aliphatic heterocycles. The van der Waals surface area contributed by atoms with Crippen LogP contribution in [0.2, 0.25) is 0 Å². The Balaban J connectivity index is 1.76. The van der Waals surface area contributed by atoms with Gasteiger partial charge in [0.25, 0.3) is 0 Å². The highest BCUT2D eigenvalue weighted by Crippen LogP contribution is 2.67. The number of rotatable bonds is 2. The summed E-state index contributed by atoms with van der Waals surface area (Å²) >= 11 is 0. The molecule has 0 radical (unpaired) electrons. The number of Topliss-reactive ketones (excluding diaryl/α,β-unsaturated/α-hetero) is 2. The molecule has 1 spiro atoms. The lowest BCUT2D eigenvalue weighted by molar-refractivity contribution is -0.166. The highest BCUT2D eigenvalue weighted by molar-refractivity contribution is 5.91. The molecule has 1 unspecified atom stereocenters. The Morgan fingerprint density at radius 2 is 2.15 bits per heavy atom. The van der Waals surface area contributed by atoms with Crippen LogP contribution in [-0.2, 0) is 14.3 Å². The average Bonchev–Trinajstić information content (AvgIpc) is 3.03. The number of carbonyl (C=O) groups excluding carboxylic acids is 2. The van der Waals surface area contributed by atoms with Crippen LogP contribution in [0.15, 0.2) is 35.1 Å². The van der Waals surface area contributed by atoms with Gasteiger partial charge in [0.2, 0.25) is 0 Å². The predicted molar refractivity (Wildman–Crippen MR) is 96.6 cm³/mol. The van der Waals surface area contributed by atoms with Gasteiger partial charge in [-0.1, -0.05) is 12.2 Å². The van der Waals surface area contributed by atoms with Gasteiger partial charge in [0.1, 0.15) is 11.9 Å². The molecule has 1 saturated heterocycles. The topological polar surface area (TPSA) is 87.1 Å². The quantitative estimate of drug-likeness (QED) is 0.698. The number of nitrogens with zero attached hydrogens (tertiary/aromatic N) is 1. The molecule has 27 heavy (non-hydrogen) atoms. The maximum Gasteiger partial charge on any atom is 0.183 e. The van der Waals surface area contributed by atoms with E-state index in [0.717, 1.165) is 5.57 Å². The first-order valence-corrected chi connectivity index (χ1v) is 9.39. The summed E-state index contributed by atoms with van der Waals surface area (Å²) in [5, 5.41) is 22.7. The maximum atomic E-state index is 12.8. The van der Waals surface area contributed by atoms with Gasteiger partial charge >= 0.3 is 0 Å². The fourth-order valence-electron chi connectivity index (χ4n) is 6.06. The molecule has 2 N–H and O–H groups in total. The van der Waals surface area contributed by atoms with Crippen LogP contribution in [0.25, 0.3) is 0 Å². The van der Waals surface area contributed by atoms with Crippen molar-refractivity contribution in [2.24, 2.45) is 11.3 Å². The van der Waals surface area contributed by atoms with Crippen molar-refractivity contribution in [3.63, 3.8) is 0 Å². The number of piperidine rings is 1. The fraction of sp³-hybridized carbons (Fsp3) is 0.619. The second-order valence-corrected chi connectivity index (χ2v) is 8.63. The number of ketones is 2. The van der Waals surface area contributed by atoms with Crippen LogP contribution in [0.3, 0.4) is 0 Å². The van der Waals surface area contributed by atoms with Gasteiger partial charge in [-0.05, 0) is 51.9 Å². The van der Waals surface area contributed by atoms with E-state index in [1.54, 1.807) is 6.08 Å². The predicted octanol–water partition coefficient (Wildman–Crippen LogP) is 0.890. The van der Waals surface area contributed by atoms with Crippen molar-refractivity contribution in [1.82, 2.24) is 4.90 Å². The van der Waals surface area contributed by atoms with Gasteiger partial charge in [-0.2, -0.15) is 0 Å². The zero-order chi connectivity index (χ0) is 21.9. The molecule has 6 atom stereocenters. The highest BCUT2D eigenvalue weighted by atomic mass is 16.5. The SMILES string of the molecule is [2H]C([2H])([2H])C(=O)C1(O)CC=C2C[C@@H]3[C@@H]4C=C[C@@](O)(C(C)=O)[C@@H]5OC1=C2[C@@]54CCN3C. The lowest BCUT2D eigenvalue weighted by Gasteiger charge is -2.59. The van der Waals surface area contributed by atoms with E-state index in [0.29, 0.717) is 25.0 Å². The van der Waals surface area contributed by atoms with Crippen LogP contribution in [0.4, 0.5) is 0 Å². The zero-order valence-corrected chi connectivity index (χ0v) is 15.4. The first kappa shape index (κ1) is 14.3. The maximum absolute atomic E-state index is 12.8. The van der Waals surface area contributed by atoms with Crippen LogP contribution in [0, 0.1) is 11.3 Å². The van der Waals surface area contributed by atoms with E-state index >= 15 is 0 Å². The molecule has 3 aliphatic carbocycles. The molecule has 0 aromatic carbocycles. The van der Waals surface area contributed by atoms with E-state index < -0.39 is 41.1 Å². The normalized spacial score (nSPS) is 49.4. The molecule has 0 aromatic rings. The smallest absolute Gasteiger partial charge is 0.183 e. The Bertz CT molecular complexity index is 968. The summed E-state index contributed by atoms with van der Waals surface area (Å²) in [7, 11) is 2.04. The van der Waals surface area contributed by atoms with Crippen molar-refractivity contribution in [3.8, 4) is 0 Å². The Morgan fingerprint density at radius 1 is 1.37 bits per heavy atom. The molecule has 1 saturated carbocycles. The average molecular weight is 374 g/mol. The van der Waals surface area contributed by atoms with Crippen LogP contribution in [0.1, 0.15) is 37.2 Å². The first-order valence-electron chi connectivity index (χ1n) is 10.9. The molecule has 2 heterocycles. The summed E-state index contributed by atoms with van der Waals surface area (Å²) in [6.45, 7) is -1.03. The molecule has 2 fully saturated rings. The Morgan fingerprint density at radius 3 is 2.85 bits per heavy atom. The third-order valence-electron chi connectivity index (χ3n) is 7.52. The molecule has 2 bridgehead atoms. The summed E-state index contributed by atoms with van der Waals surface area (Å²) in [6, 6.07) is 0.122. The minimum Gasteiger partial charge on any atom is -0.486 e. The monoisotopic (exact) mass is 374 g/mol. The molecule has 0 amide bonds. The zero-order valence-electron chi connectivity index (χ0n) is 18.4. The number of carbonyl (C=O) groups is 2. The van der Waals surface area contributed by atoms with Crippen LogP contribution in [-0.4, -0.2) is 63.6 Å². The largest absolute Gasteiger partial charge is 0.486 e. The van der Waals surface area contributed by atoms with E-state index in [1.165, 1.54) is 13.0 Å². The number of ether oxygens (including phenoxy) is 1. The molecule has 0 aromatic heterocycles. The van der Waals surface area contributed by atoms with Crippen LogP contribution in [0.5, 0.6) is 0 Å². The van der Waals surface area contributed by atoms with Gasteiger partial charge in [-0.25, -0.2) is 0 Å². The van der Waals surface area contributed by atoms with Crippen LogP contribution < -0.4 is 0 Å². The standard InChI is InChI=1S/C21H25NO5/c1-11(23)20(25)6-4-13-10-15-14-5-7-21(26,12(2)24)18-19(14,8-9-22(15)3)16(13)17(20)27-18/h4-5,7,14-15,18,25-26H,6,8-10H2,1-3H3/t14-,15+,18+,19-,20?,21+/m0/s1/i1D3. The van der Waals surface area contributed by atoms with E-state index in [1.807, 2.05) is 13.1 Å². The Labute approximate surface area is 162 Å². The van der Waals surface area contributed by atoms with Gasteiger partial charge < -0.3 is 19.8 Å². The molecule has 5 rings (SSSR count). The number of hydrogen-bond donors (Lipinski definition) is 2. The van der Waals surface area contributed by atoms with E-state index in [2.05, 4.69) is 4.90 Å². The minimum atomic E-state index is -3.01. The van der Waals surface area contributed by atoms with Crippen molar-refractivity contribution in [2.45, 2.75) is 56.4 Å². The molecule has 6 heteroatoms. The second kappa shape index (κ2) is 4.99. The van der Waals surface area contributed by atoms with Gasteiger partial charge in [0, 0.05) is 33.5 Å². The number of aliphatic hydroxyl groups is 2. The molecular formula is C21H25NO5. The summed E-state index contributed by atoms with van der Waals surface area (Å²) in [5.74, 6) is -1.96. The lowest BCUT2D eigenvalue weighted by atomic mass is 9.49. The summed E-state index contributed by atoms with van der Waals surface area (Å²) < 4.78 is 28.9. The van der Waals surface area contributed by atoms with Crippen molar-refractivity contribution in [2.75, 3.05) is 13.6 Å². The number of hydrogen-bond acceptors (Lipinski definition) is 6. The summed E-state index contributed by atoms with van der Waals surface area (Å²) in [5.41, 5.74) is -3.52. The lowest BCUT2D eigenvalue weighted by Crippen LogP contribution is -2.67. The molecular weight excluding hydrogens is 346 g/mol. The third-order valence-corrected chi connectivity index (χ3v) is 7.52. The Kier molecular flexibility index (Phi) is 2.64. The molecule has 5 aliphatic rings. The molecule has 6 nitrogen and oxygen atoms in total. The van der Waals surface area contributed by atoms with E-state index in [-0.39, 0.29) is 24.1 Å².